The van der Waals surface area contributed by atoms with Crippen molar-refractivity contribution in [3.63, 3.8) is 0 Å². The lowest BCUT2D eigenvalue weighted by Crippen LogP contribution is -2.20. The smallest absolute Gasteiger partial charge is 0.331 e. The number of hydrogen-bond donors (Lipinski definition) is 2. The summed E-state index contributed by atoms with van der Waals surface area (Å²) >= 11 is 11.7. The van der Waals surface area contributed by atoms with Crippen molar-refractivity contribution in [1.82, 2.24) is 5.32 Å². The quantitative estimate of drug-likeness (QED) is 0.567. The minimum Gasteiger partial charge on any atom is -0.452 e. The molecule has 2 rings (SSSR count). The predicted octanol–water partition coefficient (Wildman–Crippen LogP) is 3.55. The van der Waals surface area contributed by atoms with E-state index in [2.05, 4.69) is 10.6 Å². The van der Waals surface area contributed by atoms with Crippen LogP contribution in [-0.4, -0.2) is 31.4 Å². The first-order valence-electron chi connectivity index (χ1n) is 7.81. The fourth-order valence-corrected chi connectivity index (χ4v) is 2.32. The molecule has 2 aromatic rings. The summed E-state index contributed by atoms with van der Waals surface area (Å²) in [5.41, 5.74) is 1.62. The average Bonchev–Trinajstić information content (AvgIpc) is 2.67. The maximum Gasteiger partial charge on any atom is 0.331 e. The van der Waals surface area contributed by atoms with Gasteiger partial charge in [0.05, 0.1) is 10.0 Å². The number of carbonyl (C=O) groups excluding carboxylic acids is 3. The summed E-state index contributed by atoms with van der Waals surface area (Å²) in [6, 6.07) is 11.2. The summed E-state index contributed by atoms with van der Waals surface area (Å²) in [6.45, 7) is -0.443. The Morgan fingerprint density at radius 3 is 2.37 bits per heavy atom. The molecule has 8 heteroatoms. The topological polar surface area (TPSA) is 84.5 Å². The van der Waals surface area contributed by atoms with Crippen molar-refractivity contribution in [2.24, 2.45) is 0 Å². The van der Waals surface area contributed by atoms with Gasteiger partial charge in [0.25, 0.3) is 11.8 Å². The van der Waals surface area contributed by atoms with Crippen molar-refractivity contribution < 1.29 is 19.1 Å². The first-order valence-corrected chi connectivity index (χ1v) is 8.56. The van der Waals surface area contributed by atoms with Gasteiger partial charge in [-0.05, 0) is 48.0 Å². The van der Waals surface area contributed by atoms with Gasteiger partial charge in [-0.1, -0.05) is 29.3 Å². The zero-order chi connectivity index (χ0) is 19.8. The molecule has 0 radical (unpaired) electrons. The van der Waals surface area contributed by atoms with Crippen LogP contribution in [0.1, 0.15) is 15.9 Å². The van der Waals surface area contributed by atoms with Crippen LogP contribution in [0.25, 0.3) is 6.08 Å². The molecule has 140 valence electrons. The van der Waals surface area contributed by atoms with Crippen LogP contribution in [0.4, 0.5) is 5.69 Å². The van der Waals surface area contributed by atoms with Gasteiger partial charge < -0.3 is 15.4 Å². The van der Waals surface area contributed by atoms with Crippen LogP contribution in [-0.2, 0) is 14.3 Å². The first kappa shape index (κ1) is 20.5. The highest BCUT2D eigenvalue weighted by atomic mass is 35.5. The fourth-order valence-electron chi connectivity index (χ4n) is 2.01. The van der Waals surface area contributed by atoms with Crippen molar-refractivity contribution in [1.29, 1.82) is 0 Å². The van der Waals surface area contributed by atoms with E-state index in [0.717, 1.165) is 0 Å². The molecule has 0 bridgehead atoms. The van der Waals surface area contributed by atoms with Crippen LogP contribution in [0.15, 0.2) is 48.5 Å². The van der Waals surface area contributed by atoms with Crippen LogP contribution in [0.3, 0.4) is 0 Å². The Morgan fingerprint density at radius 2 is 1.74 bits per heavy atom. The van der Waals surface area contributed by atoms with Gasteiger partial charge in [-0.3, -0.25) is 9.59 Å². The molecule has 0 aromatic heterocycles. The lowest BCUT2D eigenvalue weighted by Gasteiger charge is -2.06. The van der Waals surface area contributed by atoms with E-state index < -0.39 is 18.5 Å². The van der Waals surface area contributed by atoms with Crippen molar-refractivity contribution >= 4 is 52.7 Å². The van der Waals surface area contributed by atoms with E-state index in [-0.39, 0.29) is 5.91 Å². The zero-order valence-electron chi connectivity index (χ0n) is 14.3. The van der Waals surface area contributed by atoms with E-state index in [4.69, 9.17) is 27.9 Å². The van der Waals surface area contributed by atoms with Crippen LogP contribution in [0.5, 0.6) is 0 Å². The van der Waals surface area contributed by atoms with Crippen LogP contribution < -0.4 is 10.6 Å². The number of nitrogens with one attached hydrogen (secondary N) is 2. The van der Waals surface area contributed by atoms with E-state index in [1.165, 1.54) is 19.2 Å². The normalized spacial score (nSPS) is 10.5. The molecule has 2 N–H and O–H groups in total. The molecule has 0 atom stereocenters. The molecular formula is C19H16Cl2N2O4. The van der Waals surface area contributed by atoms with Gasteiger partial charge in [-0.25, -0.2) is 4.79 Å². The Kier molecular flexibility index (Phi) is 7.40. The second kappa shape index (κ2) is 9.75. The molecule has 0 unspecified atom stereocenters. The van der Waals surface area contributed by atoms with Crippen molar-refractivity contribution in [2.75, 3.05) is 19.0 Å². The first-order chi connectivity index (χ1) is 12.9. The molecule has 0 fully saturated rings. The molecular weight excluding hydrogens is 391 g/mol. The third kappa shape index (κ3) is 6.44. The van der Waals surface area contributed by atoms with E-state index in [1.54, 1.807) is 42.5 Å². The second-order valence-corrected chi connectivity index (χ2v) is 6.13. The van der Waals surface area contributed by atoms with E-state index in [1.807, 2.05) is 0 Å². The predicted molar refractivity (Wildman–Crippen MR) is 105 cm³/mol. The molecule has 2 aromatic carbocycles. The Morgan fingerprint density at radius 1 is 1.04 bits per heavy atom. The lowest BCUT2D eigenvalue weighted by molar-refractivity contribution is -0.142. The third-order valence-corrected chi connectivity index (χ3v) is 4.10. The van der Waals surface area contributed by atoms with Gasteiger partial charge in [0.15, 0.2) is 6.61 Å². The number of halogens is 2. The van der Waals surface area contributed by atoms with E-state index >= 15 is 0 Å². The molecule has 0 aliphatic carbocycles. The van der Waals surface area contributed by atoms with Gasteiger partial charge in [-0.15, -0.1) is 0 Å². The molecule has 0 aliphatic rings. The highest BCUT2D eigenvalue weighted by molar-refractivity contribution is 6.42. The van der Waals surface area contributed by atoms with Gasteiger partial charge in [-0.2, -0.15) is 0 Å². The molecule has 2 amide bonds. The van der Waals surface area contributed by atoms with E-state index in [9.17, 15) is 14.4 Å². The molecule has 0 heterocycles. The van der Waals surface area contributed by atoms with E-state index in [0.29, 0.717) is 26.9 Å². The second-order valence-electron chi connectivity index (χ2n) is 5.32. The lowest BCUT2D eigenvalue weighted by atomic mass is 10.2. The minimum atomic E-state index is -0.675. The zero-order valence-corrected chi connectivity index (χ0v) is 15.8. The summed E-state index contributed by atoms with van der Waals surface area (Å²) in [4.78, 5) is 35.0. The van der Waals surface area contributed by atoms with Gasteiger partial charge in [0.1, 0.15) is 0 Å². The monoisotopic (exact) mass is 406 g/mol. The Hall–Kier alpha value is -2.83. The van der Waals surface area contributed by atoms with Crippen LogP contribution in [0, 0.1) is 0 Å². The number of carbonyl (C=O) groups is 3. The number of benzene rings is 2. The third-order valence-electron chi connectivity index (χ3n) is 3.36. The highest BCUT2D eigenvalue weighted by Gasteiger charge is 2.07. The van der Waals surface area contributed by atoms with Crippen molar-refractivity contribution in [2.45, 2.75) is 0 Å². The molecule has 27 heavy (non-hydrogen) atoms. The fraction of sp³-hybridized carbons (Fsp3) is 0.105. The maximum absolute atomic E-state index is 11.8. The molecule has 0 saturated heterocycles. The summed E-state index contributed by atoms with van der Waals surface area (Å²) in [5.74, 6) is -1.40. The van der Waals surface area contributed by atoms with Crippen LogP contribution >= 0.6 is 23.2 Å². The Labute approximate surface area is 166 Å². The number of esters is 1. The standard InChI is InChI=1S/C19H16Cl2N2O4/c1-22-19(26)13-4-6-14(7-5-13)23-17(24)11-27-18(25)9-3-12-2-8-15(20)16(21)10-12/h2-10H,11H2,1H3,(H,22,26)(H,23,24)/b9-3+. The minimum absolute atomic E-state index is 0.226. The highest BCUT2D eigenvalue weighted by Crippen LogP contribution is 2.23. The SMILES string of the molecule is CNC(=O)c1ccc(NC(=O)COC(=O)/C=C/c2ccc(Cl)c(Cl)c2)cc1. The number of rotatable bonds is 6. The number of ether oxygens (including phenoxy) is 1. The van der Waals surface area contributed by atoms with Gasteiger partial charge in [0, 0.05) is 24.4 Å². The summed E-state index contributed by atoms with van der Waals surface area (Å²) in [7, 11) is 1.53. The molecule has 0 saturated carbocycles. The largest absolute Gasteiger partial charge is 0.452 e. The number of anilines is 1. The van der Waals surface area contributed by atoms with Crippen molar-refractivity contribution in [3.05, 3.63) is 69.7 Å². The van der Waals surface area contributed by atoms with Crippen molar-refractivity contribution in [3.8, 4) is 0 Å². The average molecular weight is 407 g/mol. The van der Waals surface area contributed by atoms with Gasteiger partial charge in [0.2, 0.25) is 0 Å². The Balaban J connectivity index is 1.82. The van der Waals surface area contributed by atoms with Gasteiger partial charge >= 0.3 is 5.97 Å². The number of amides is 2. The Bertz CT molecular complexity index is 880. The number of hydrogen-bond acceptors (Lipinski definition) is 4. The summed E-state index contributed by atoms with van der Waals surface area (Å²) in [6.07, 6.45) is 2.69. The summed E-state index contributed by atoms with van der Waals surface area (Å²) in [5, 5.41) is 5.85. The maximum atomic E-state index is 11.8. The molecule has 0 spiro atoms. The molecule has 0 aliphatic heterocycles. The molecule has 6 nitrogen and oxygen atoms in total. The summed E-state index contributed by atoms with van der Waals surface area (Å²) < 4.78 is 4.87. The van der Waals surface area contributed by atoms with Crippen LogP contribution in [0.2, 0.25) is 10.0 Å².